The molecule has 0 aliphatic carbocycles. The van der Waals surface area contributed by atoms with Crippen molar-refractivity contribution in [3.8, 4) is 11.5 Å². The molecule has 1 N–H and O–H groups in total. The summed E-state index contributed by atoms with van der Waals surface area (Å²) in [5.41, 5.74) is 4.43. The molecule has 37 heavy (non-hydrogen) atoms. The smallest absolute Gasteiger partial charge is 0.293 e. The quantitative estimate of drug-likeness (QED) is 0.354. The molecule has 1 aliphatic heterocycles. The third-order valence-corrected chi connectivity index (χ3v) is 6.47. The lowest BCUT2D eigenvalue weighted by molar-refractivity contribution is -0.123. The number of carbonyl (C=O) groups excluding carboxylic acids is 3. The maximum atomic E-state index is 12.9. The van der Waals surface area contributed by atoms with Crippen LogP contribution >= 0.6 is 11.8 Å². The molecule has 0 radical (unpaired) electrons. The zero-order valence-corrected chi connectivity index (χ0v) is 21.8. The number of amides is 3. The minimum Gasteiger partial charge on any atom is -0.490 e. The zero-order chi connectivity index (χ0) is 26.4. The number of imide groups is 1. The molecular formula is C29H28N2O5S. The third-order valence-electron chi connectivity index (χ3n) is 5.56. The van der Waals surface area contributed by atoms with Gasteiger partial charge >= 0.3 is 0 Å². The Hall–Kier alpha value is -4.04. The molecule has 7 nitrogen and oxygen atoms in total. The average Bonchev–Trinajstić information content (AvgIpc) is 3.12. The van der Waals surface area contributed by atoms with Crippen molar-refractivity contribution < 1.29 is 23.9 Å². The minimum absolute atomic E-state index is 0.189. The Morgan fingerprint density at radius 2 is 1.73 bits per heavy atom. The summed E-state index contributed by atoms with van der Waals surface area (Å²) in [7, 11) is 0. The first-order valence-electron chi connectivity index (χ1n) is 11.9. The number of benzene rings is 3. The first-order valence-corrected chi connectivity index (χ1v) is 12.7. The number of hydrogen-bond donors (Lipinski definition) is 1. The first-order chi connectivity index (χ1) is 17.8. The third kappa shape index (κ3) is 6.80. The fourth-order valence-electron chi connectivity index (χ4n) is 3.73. The van der Waals surface area contributed by atoms with Crippen molar-refractivity contribution in [1.29, 1.82) is 0 Å². The van der Waals surface area contributed by atoms with Gasteiger partial charge in [-0.3, -0.25) is 19.3 Å². The van der Waals surface area contributed by atoms with Gasteiger partial charge in [0.05, 0.1) is 18.1 Å². The molecule has 1 heterocycles. The maximum absolute atomic E-state index is 12.9. The van der Waals surface area contributed by atoms with Gasteiger partial charge in [0.1, 0.15) is 0 Å². The molecule has 0 spiro atoms. The Balaban J connectivity index is 1.44. The Bertz CT molecular complexity index is 1350. The molecule has 0 bridgehead atoms. The van der Waals surface area contributed by atoms with E-state index in [2.05, 4.69) is 5.32 Å². The highest BCUT2D eigenvalue weighted by Crippen LogP contribution is 2.35. The van der Waals surface area contributed by atoms with Crippen molar-refractivity contribution in [2.75, 3.05) is 18.5 Å². The molecule has 1 fully saturated rings. The summed E-state index contributed by atoms with van der Waals surface area (Å²) >= 11 is 0.912. The van der Waals surface area contributed by atoms with Crippen LogP contribution in [0.15, 0.2) is 71.6 Å². The largest absolute Gasteiger partial charge is 0.490 e. The van der Waals surface area contributed by atoms with E-state index in [0.29, 0.717) is 34.3 Å². The normalized spacial score (nSPS) is 14.2. The highest BCUT2D eigenvalue weighted by molar-refractivity contribution is 8.18. The lowest BCUT2D eigenvalue weighted by Gasteiger charge is -2.13. The number of ether oxygens (including phenoxy) is 2. The van der Waals surface area contributed by atoms with Crippen LogP contribution in [0.5, 0.6) is 11.5 Å². The van der Waals surface area contributed by atoms with Gasteiger partial charge in [0.25, 0.3) is 17.1 Å². The summed E-state index contributed by atoms with van der Waals surface area (Å²) in [6.45, 7) is 6.21. The van der Waals surface area contributed by atoms with Crippen molar-refractivity contribution >= 4 is 40.6 Å². The highest BCUT2D eigenvalue weighted by Gasteiger charge is 2.35. The molecular weight excluding hydrogens is 488 g/mol. The van der Waals surface area contributed by atoms with Crippen molar-refractivity contribution in [3.05, 3.63) is 93.9 Å². The standard InChI is InChI=1S/C29H28N2O5S/c1-4-35-25-15-22(12-13-24(25)36-18-27(32)30-23-7-5-6-20(3)14-23)16-26-28(33)31(29(34)37-26)17-21-10-8-19(2)9-11-21/h5-16H,4,17-18H2,1-3H3,(H,30,32)/b26-16-. The second-order valence-electron chi connectivity index (χ2n) is 8.60. The number of aryl methyl sites for hydroxylation is 2. The van der Waals surface area contributed by atoms with Gasteiger partial charge in [-0.2, -0.15) is 0 Å². The molecule has 0 saturated carbocycles. The molecule has 1 saturated heterocycles. The fourth-order valence-corrected chi connectivity index (χ4v) is 4.57. The molecule has 4 rings (SSSR count). The predicted octanol–water partition coefficient (Wildman–Crippen LogP) is 5.96. The molecule has 0 atom stereocenters. The van der Waals surface area contributed by atoms with Gasteiger partial charge in [-0.05, 0) is 79.6 Å². The molecule has 3 aromatic carbocycles. The fraction of sp³-hybridized carbons (Fsp3) is 0.207. The molecule has 0 aromatic heterocycles. The van der Waals surface area contributed by atoms with Crippen molar-refractivity contribution in [2.24, 2.45) is 0 Å². The summed E-state index contributed by atoms with van der Waals surface area (Å²) < 4.78 is 11.4. The average molecular weight is 517 g/mol. The van der Waals surface area contributed by atoms with E-state index in [1.165, 1.54) is 4.90 Å². The first kappa shape index (κ1) is 26.0. The summed E-state index contributed by atoms with van der Waals surface area (Å²) in [4.78, 5) is 39.4. The van der Waals surface area contributed by atoms with E-state index in [-0.39, 0.29) is 30.2 Å². The van der Waals surface area contributed by atoms with Crippen LogP contribution in [0, 0.1) is 13.8 Å². The van der Waals surface area contributed by atoms with Gasteiger partial charge < -0.3 is 14.8 Å². The van der Waals surface area contributed by atoms with Crippen LogP contribution in [-0.4, -0.2) is 35.2 Å². The van der Waals surface area contributed by atoms with Crippen molar-refractivity contribution in [2.45, 2.75) is 27.3 Å². The van der Waals surface area contributed by atoms with Gasteiger partial charge in [0.15, 0.2) is 18.1 Å². The number of nitrogens with one attached hydrogen (secondary N) is 1. The lowest BCUT2D eigenvalue weighted by Crippen LogP contribution is -2.27. The highest BCUT2D eigenvalue weighted by atomic mass is 32.2. The van der Waals surface area contributed by atoms with Crippen LogP contribution in [0.1, 0.15) is 29.2 Å². The zero-order valence-electron chi connectivity index (χ0n) is 20.9. The molecule has 1 aliphatic rings. The second kappa shape index (κ2) is 11.8. The lowest BCUT2D eigenvalue weighted by atomic mass is 10.1. The van der Waals surface area contributed by atoms with Crippen molar-refractivity contribution in [1.82, 2.24) is 4.90 Å². The summed E-state index contributed by atoms with van der Waals surface area (Å²) in [6.07, 6.45) is 1.66. The number of rotatable bonds is 9. The number of hydrogen-bond acceptors (Lipinski definition) is 6. The van der Waals surface area contributed by atoms with Crippen LogP contribution in [0.3, 0.4) is 0 Å². The minimum atomic E-state index is -0.332. The topological polar surface area (TPSA) is 84.9 Å². The monoisotopic (exact) mass is 516 g/mol. The van der Waals surface area contributed by atoms with Crippen molar-refractivity contribution in [3.63, 3.8) is 0 Å². The van der Waals surface area contributed by atoms with Crippen LogP contribution in [0.25, 0.3) is 6.08 Å². The Morgan fingerprint density at radius 3 is 2.46 bits per heavy atom. The van der Waals surface area contributed by atoms with Gasteiger partial charge in [0, 0.05) is 5.69 Å². The molecule has 8 heteroatoms. The van der Waals surface area contributed by atoms with E-state index < -0.39 is 0 Å². The number of nitrogens with zero attached hydrogens (tertiary/aromatic N) is 1. The molecule has 0 unspecified atom stereocenters. The van der Waals surface area contributed by atoms with Gasteiger partial charge in [-0.15, -0.1) is 0 Å². The Labute approximate surface area is 220 Å². The van der Waals surface area contributed by atoms with E-state index in [1.807, 2.05) is 69.3 Å². The SMILES string of the molecule is CCOc1cc(/C=C2\SC(=O)N(Cc3ccc(C)cc3)C2=O)ccc1OCC(=O)Nc1cccc(C)c1. The van der Waals surface area contributed by atoms with Gasteiger partial charge in [0.2, 0.25) is 0 Å². The van der Waals surface area contributed by atoms with Crippen LogP contribution in [-0.2, 0) is 16.1 Å². The second-order valence-corrected chi connectivity index (χ2v) is 9.59. The summed E-state index contributed by atoms with van der Waals surface area (Å²) in [5, 5.41) is 2.50. The Kier molecular flexibility index (Phi) is 8.30. The molecule has 3 aromatic rings. The van der Waals surface area contributed by atoms with Gasteiger partial charge in [-0.1, -0.05) is 48.0 Å². The number of thioether (sulfide) groups is 1. The Morgan fingerprint density at radius 1 is 0.946 bits per heavy atom. The maximum Gasteiger partial charge on any atom is 0.293 e. The van der Waals surface area contributed by atoms with E-state index in [9.17, 15) is 14.4 Å². The van der Waals surface area contributed by atoms with Crippen LogP contribution in [0.2, 0.25) is 0 Å². The summed E-state index contributed by atoms with van der Waals surface area (Å²) in [5.74, 6) is 0.227. The van der Waals surface area contributed by atoms with E-state index in [0.717, 1.165) is 28.5 Å². The number of carbonyl (C=O) groups is 3. The van der Waals surface area contributed by atoms with E-state index in [1.54, 1.807) is 24.3 Å². The molecule has 190 valence electrons. The van der Waals surface area contributed by atoms with E-state index >= 15 is 0 Å². The van der Waals surface area contributed by atoms with Crippen LogP contribution in [0.4, 0.5) is 10.5 Å². The van der Waals surface area contributed by atoms with Gasteiger partial charge in [-0.25, -0.2) is 0 Å². The predicted molar refractivity (Wildman–Crippen MR) is 146 cm³/mol. The van der Waals surface area contributed by atoms with Crippen LogP contribution < -0.4 is 14.8 Å². The molecule has 3 amide bonds. The van der Waals surface area contributed by atoms with E-state index in [4.69, 9.17) is 9.47 Å². The number of anilines is 1. The summed E-state index contributed by atoms with van der Waals surface area (Å²) in [6, 6.07) is 20.4.